The van der Waals surface area contributed by atoms with Crippen LogP contribution in [0.25, 0.3) is 10.9 Å². The van der Waals surface area contributed by atoms with E-state index in [1.165, 1.54) is 0 Å². The van der Waals surface area contributed by atoms with E-state index in [2.05, 4.69) is 50.8 Å². The Morgan fingerprint density at radius 3 is 2.30 bits per heavy atom. The van der Waals surface area contributed by atoms with E-state index in [0.29, 0.717) is 12.1 Å². The van der Waals surface area contributed by atoms with E-state index in [-0.39, 0.29) is 24.3 Å². The molecule has 4 aromatic rings. The van der Waals surface area contributed by atoms with Crippen molar-refractivity contribution in [2.24, 2.45) is 0 Å². The van der Waals surface area contributed by atoms with Crippen LogP contribution in [-0.4, -0.2) is 44.0 Å². The summed E-state index contributed by atoms with van der Waals surface area (Å²) in [7, 11) is 4.02. The number of nitrogens with one attached hydrogen (secondary N) is 3. The Kier molecular flexibility index (Phi) is 6.74. The normalized spacial score (nSPS) is 11.7. The Labute approximate surface area is 193 Å². The molecule has 1 aromatic heterocycles. The zero-order valence-electron chi connectivity index (χ0n) is 18.8. The van der Waals surface area contributed by atoms with E-state index in [4.69, 9.17) is 0 Å². The second-order valence-electron chi connectivity index (χ2n) is 8.18. The lowest BCUT2D eigenvalue weighted by Crippen LogP contribution is -2.38. The highest BCUT2D eigenvalue weighted by molar-refractivity contribution is 5.96. The van der Waals surface area contributed by atoms with Gasteiger partial charge in [-0.15, -0.1) is 0 Å². The number of rotatable bonds is 8. The van der Waals surface area contributed by atoms with E-state index in [9.17, 15) is 9.59 Å². The fourth-order valence-corrected chi connectivity index (χ4v) is 3.92. The van der Waals surface area contributed by atoms with E-state index in [1.54, 1.807) is 24.3 Å². The van der Waals surface area contributed by atoms with Crippen molar-refractivity contribution in [2.45, 2.75) is 5.92 Å². The lowest BCUT2D eigenvalue weighted by atomic mass is 9.90. The molecule has 6 nitrogen and oxygen atoms in total. The average Bonchev–Trinajstić information content (AvgIpc) is 3.27. The quantitative estimate of drug-likeness (QED) is 0.389. The summed E-state index contributed by atoms with van der Waals surface area (Å²) in [5.74, 6) is -0.529. The number of aromatic amines is 1. The molecule has 0 fully saturated rings. The van der Waals surface area contributed by atoms with Gasteiger partial charge in [0.15, 0.2) is 0 Å². The molecule has 1 heterocycles. The molecule has 0 aliphatic heterocycles. The third kappa shape index (κ3) is 5.23. The molecule has 3 aromatic carbocycles. The van der Waals surface area contributed by atoms with Gasteiger partial charge in [0, 0.05) is 54.9 Å². The number of benzene rings is 3. The molecule has 4 rings (SSSR count). The Morgan fingerprint density at radius 2 is 1.58 bits per heavy atom. The monoisotopic (exact) mass is 440 g/mol. The molecule has 0 aliphatic rings. The van der Waals surface area contributed by atoms with Crippen LogP contribution < -0.4 is 15.5 Å². The number of amides is 2. The summed E-state index contributed by atoms with van der Waals surface area (Å²) < 4.78 is 0. The zero-order valence-corrected chi connectivity index (χ0v) is 18.8. The summed E-state index contributed by atoms with van der Waals surface area (Å²) >= 11 is 0. The summed E-state index contributed by atoms with van der Waals surface area (Å²) in [6.45, 7) is 0.344. The zero-order chi connectivity index (χ0) is 23.2. The van der Waals surface area contributed by atoms with Crippen molar-refractivity contribution in [3.63, 3.8) is 0 Å². The maximum atomic E-state index is 12.6. The molecule has 0 bridgehead atoms. The summed E-state index contributed by atoms with van der Waals surface area (Å²) in [6, 6.07) is 25.4. The maximum absolute atomic E-state index is 12.6. The van der Waals surface area contributed by atoms with E-state index in [0.717, 1.165) is 27.7 Å². The fraction of sp³-hybridized carbons (Fsp3) is 0.185. The van der Waals surface area contributed by atoms with Gasteiger partial charge in [0.05, 0.1) is 6.54 Å². The number of anilines is 1. The minimum atomic E-state index is -0.266. The molecule has 3 N–H and O–H groups in total. The number of para-hydroxylation sites is 1. The number of hydrogen-bond donors (Lipinski definition) is 3. The van der Waals surface area contributed by atoms with Gasteiger partial charge in [-0.1, -0.05) is 48.5 Å². The average molecular weight is 441 g/mol. The van der Waals surface area contributed by atoms with Crippen LogP contribution in [0.4, 0.5) is 5.69 Å². The van der Waals surface area contributed by atoms with Crippen LogP contribution in [0.3, 0.4) is 0 Å². The Hall–Kier alpha value is -4.06. The largest absolute Gasteiger partial charge is 0.378 e. The van der Waals surface area contributed by atoms with Gasteiger partial charge < -0.3 is 20.5 Å². The van der Waals surface area contributed by atoms with Gasteiger partial charge in [0.1, 0.15) is 0 Å². The number of fused-ring (bicyclic) bond motifs is 1. The van der Waals surface area contributed by atoms with Gasteiger partial charge in [0.25, 0.3) is 5.91 Å². The van der Waals surface area contributed by atoms with E-state index < -0.39 is 0 Å². The Morgan fingerprint density at radius 1 is 0.879 bits per heavy atom. The topological polar surface area (TPSA) is 77.2 Å². The lowest BCUT2D eigenvalue weighted by Gasteiger charge is -2.20. The van der Waals surface area contributed by atoms with E-state index >= 15 is 0 Å². The SMILES string of the molecule is CN(C)c1ccc([C@H](CNC(=O)CNC(=O)c2ccccc2)c2c[nH]c3ccccc23)cc1. The summed E-state index contributed by atoms with van der Waals surface area (Å²) in [5, 5.41) is 6.81. The van der Waals surface area contributed by atoms with Crippen molar-refractivity contribution < 1.29 is 9.59 Å². The molecule has 0 saturated heterocycles. The predicted molar refractivity (Wildman–Crippen MR) is 133 cm³/mol. The molecule has 0 spiro atoms. The first kappa shape index (κ1) is 22.1. The third-order valence-corrected chi connectivity index (χ3v) is 5.76. The smallest absolute Gasteiger partial charge is 0.251 e. The molecule has 0 radical (unpaired) electrons. The van der Waals surface area contributed by atoms with Crippen molar-refractivity contribution in [1.82, 2.24) is 15.6 Å². The molecule has 0 aliphatic carbocycles. The van der Waals surface area contributed by atoms with Gasteiger partial charge >= 0.3 is 0 Å². The molecular formula is C27H28N4O2. The molecule has 2 amide bonds. The van der Waals surface area contributed by atoms with Crippen LogP contribution in [0.5, 0.6) is 0 Å². The van der Waals surface area contributed by atoms with Crippen molar-refractivity contribution in [2.75, 3.05) is 32.1 Å². The second kappa shape index (κ2) is 10.0. The molecule has 6 heteroatoms. The molecule has 1 atom stereocenters. The van der Waals surface area contributed by atoms with Gasteiger partial charge in [-0.2, -0.15) is 0 Å². The number of nitrogens with zero attached hydrogens (tertiary/aromatic N) is 1. The third-order valence-electron chi connectivity index (χ3n) is 5.76. The van der Waals surface area contributed by atoms with Crippen LogP contribution >= 0.6 is 0 Å². The number of carbonyl (C=O) groups excluding carboxylic acids is 2. The highest BCUT2D eigenvalue weighted by atomic mass is 16.2. The minimum absolute atomic E-state index is 0.0360. The summed E-state index contributed by atoms with van der Waals surface area (Å²) in [5.41, 5.74) is 4.94. The molecule has 168 valence electrons. The first-order valence-electron chi connectivity index (χ1n) is 11.0. The van der Waals surface area contributed by atoms with Crippen LogP contribution in [0.15, 0.2) is 85.1 Å². The minimum Gasteiger partial charge on any atom is -0.378 e. The fourth-order valence-electron chi connectivity index (χ4n) is 3.92. The van der Waals surface area contributed by atoms with Gasteiger partial charge in [-0.3, -0.25) is 9.59 Å². The summed E-state index contributed by atoms with van der Waals surface area (Å²) in [6.07, 6.45) is 2.01. The second-order valence-corrected chi connectivity index (χ2v) is 8.18. The van der Waals surface area contributed by atoms with Crippen LogP contribution in [0.2, 0.25) is 0 Å². The van der Waals surface area contributed by atoms with E-state index in [1.807, 2.05) is 44.6 Å². The number of hydrogen-bond acceptors (Lipinski definition) is 3. The highest BCUT2D eigenvalue weighted by Gasteiger charge is 2.19. The predicted octanol–water partition coefficient (Wildman–Crippen LogP) is 3.91. The van der Waals surface area contributed by atoms with Crippen molar-refractivity contribution in [1.29, 1.82) is 0 Å². The summed E-state index contributed by atoms with van der Waals surface area (Å²) in [4.78, 5) is 30.2. The van der Waals surface area contributed by atoms with Crippen molar-refractivity contribution in [3.8, 4) is 0 Å². The van der Waals surface area contributed by atoms with Gasteiger partial charge in [-0.25, -0.2) is 0 Å². The highest BCUT2D eigenvalue weighted by Crippen LogP contribution is 2.31. The number of carbonyl (C=O) groups is 2. The number of H-pyrrole nitrogens is 1. The van der Waals surface area contributed by atoms with Crippen LogP contribution in [0.1, 0.15) is 27.4 Å². The van der Waals surface area contributed by atoms with Crippen molar-refractivity contribution in [3.05, 3.63) is 102 Å². The standard InChI is InChI=1S/C27H28N4O2/c1-31(2)21-14-12-19(13-15-21)23(24-17-28-25-11-7-6-10-22(24)25)16-29-26(32)18-30-27(33)20-8-4-3-5-9-20/h3-15,17,23,28H,16,18H2,1-2H3,(H,29,32)(H,30,33)/t23-/m0/s1. The first-order valence-corrected chi connectivity index (χ1v) is 11.0. The van der Waals surface area contributed by atoms with Gasteiger partial charge in [0.2, 0.25) is 5.91 Å². The first-order chi connectivity index (χ1) is 16.0. The number of aromatic nitrogens is 1. The lowest BCUT2D eigenvalue weighted by molar-refractivity contribution is -0.120. The van der Waals surface area contributed by atoms with Gasteiger partial charge in [-0.05, 0) is 41.5 Å². The molecule has 0 saturated carbocycles. The molecule has 0 unspecified atom stereocenters. The Balaban J connectivity index is 1.49. The van der Waals surface area contributed by atoms with Crippen molar-refractivity contribution >= 4 is 28.4 Å². The van der Waals surface area contributed by atoms with Crippen LogP contribution in [-0.2, 0) is 4.79 Å². The molecular weight excluding hydrogens is 412 g/mol. The Bertz CT molecular complexity index is 1230. The maximum Gasteiger partial charge on any atom is 0.251 e. The van der Waals surface area contributed by atoms with Crippen LogP contribution in [0, 0.1) is 0 Å². The molecule has 33 heavy (non-hydrogen) atoms.